The maximum Gasteiger partial charge on any atom is 0.355 e. The molecule has 0 aromatic carbocycles. The highest BCUT2D eigenvalue weighted by Crippen LogP contribution is 2.29. The van der Waals surface area contributed by atoms with E-state index in [-0.39, 0.29) is 30.9 Å². The summed E-state index contributed by atoms with van der Waals surface area (Å²) >= 11 is 0. The van der Waals surface area contributed by atoms with Crippen LogP contribution in [0.5, 0.6) is 0 Å². The lowest BCUT2D eigenvalue weighted by Crippen LogP contribution is -2.37. The molecule has 0 N–H and O–H groups in total. The van der Waals surface area contributed by atoms with Crippen molar-refractivity contribution in [2.75, 3.05) is 13.2 Å². The average molecular weight is 405 g/mol. The van der Waals surface area contributed by atoms with Gasteiger partial charge in [-0.05, 0) is 45.6 Å². The first kappa shape index (κ1) is 23.2. The lowest BCUT2D eigenvalue weighted by Gasteiger charge is -2.22. The molecule has 0 spiro atoms. The zero-order valence-corrected chi connectivity index (χ0v) is 18.7. The minimum Gasteiger partial charge on any atom is -0.461 e. The standard InChI is InChI=1S/C23H36N2O4/c1-6-8-9-10-11-12-20(27)25(18-13-14-18)15-19(26)21-16(3)22(23(28)29-7-2)24(5)17(21)4/h18H,6-15H2,1-5H3. The van der Waals surface area contributed by atoms with E-state index in [0.717, 1.165) is 37.8 Å². The minimum atomic E-state index is -0.420. The van der Waals surface area contributed by atoms with Crippen molar-refractivity contribution in [1.82, 2.24) is 9.47 Å². The Labute approximate surface area is 174 Å². The lowest BCUT2D eigenvalue weighted by molar-refractivity contribution is -0.131. The number of amides is 1. The number of ketones is 1. The molecule has 29 heavy (non-hydrogen) atoms. The van der Waals surface area contributed by atoms with E-state index in [2.05, 4.69) is 6.92 Å². The predicted molar refractivity (Wildman–Crippen MR) is 113 cm³/mol. The minimum absolute atomic E-state index is 0.0780. The van der Waals surface area contributed by atoms with Gasteiger partial charge in [0.1, 0.15) is 5.69 Å². The lowest BCUT2D eigenvalue weighted by atomic mass is 10.0. The largest absolute Gasteiger partial charge is 0.461 e. The van der Waals surface area contributed by atoms with E-state index in [1.807, 2.05) is 6.92 Å². The summed E-state index contributed by atoms with van der Waals surface area (Å²) in [6, 6.07) is 0.191. The van der Waals surface area contributed by atoms with Crippen LogP contribution in [0.3, 0.4) is 0 Å². The molecule has 1 aromatic heterocycles. The number of Topliss-reactive ketones (excluding diaryl/α,β-unsaturated/α-hetero) is 1. The van der Waals surface area contributed by atoms with Crippen LogP contribution >= 0.6 is 0 Å². The van der Waals surface area contributed by atoms with Crippen LogP contribution in [-0.4, -0.2) is 46.3 Å². The van der Waals surface area contributed by atoms with Crippen molar-refractivity contribution in [1.29, 1.82) is 0 Å². The number of unbranched alkanes of at least 4 members (excludes halogenated alkanes) is 4. The molecule has 162 valence electrons. The van der Waals surface area contributed by atoms with Crippen LogP contribution in [0, 0.1) is 13.8 Å². The third kappa shape index (κ3) is 5.71. The highest BCUT2D eigenvalue weighted by Gasteiger charge is 2.35. The Kier molecular flexibility index (Phi) is 8.47. The van der Waals surface area contributed by atoms with Crippen molar-refractivity contribution in [2.24, 2.45) is 7.05 Å². The Morgan fingerprint density at radius 1 is 1.07 bits per heavy atom. The van der Waals surface area contributed by atoms with Gasteiger partial charge in [-0.3, -0.25) is 9.59 Å². The molecule has 0 radical (unpaired) electrons. The highest BCUT2D eigenvalue weighted by molar-refractivity contribution is 6.04. The molecule has 0 bridgehead atoms. The van der Waals surface area contributed by atoms with E-state index in [4.69, 9.17) is 4.74 Å². The number of hydrogen-bond donors (Lipinski definition) is 0. The summed E-state index contributed by atoms with van der Waals surface area (Å²) in [7, 11) is 1.77. The molecular formula is C23H36N2O4. The molecular weight excluding hydrogens is 368 g/mol. The number of ether oxygens (including phenoxy) is 1. The Balaban J connectivity index is 2.10. The van der Waals surface area contributed by atoms with Gasteiger partial charge in [0.25, 0.3) is 0 Å². The van der Waals surface area contributed by atoms with E-state index in [1.165, 1.54) is 12.8 Å². The molecule has 0 unspecified atom stereocenters. The van der Waals surface area contributed by atoms with Crippen LogP contribution in [0.1, 0.15) is 97.3 Å². The molecule has 6 heteroatoms. The number of carbonyl (C=O) groups excluding carboxylic acids is 3. The van der Waals surface area contributed by atoms with E-state index in [1.54, 1.807) is 30.4 Å². The van der Waals surface area contributed by atoms with Gasteiger partial charge in [-0.25, -0.2) is 4.79 Å². The topological polar surface area (TPSA) is 68.6 Å². The molecule has 0 atom stereocenters. The monoisotopic (exact) mass is 404 g/mol. The van der Waals surface area contributed by atoms with Crippen LogP contribution in [-0.2, 0) is 16.6 Å². The predicted octanol–water partition coefficient (Wildman–Crippen LogP) is 4.35. The third-order valence-corrected chi connectivity index (χ3v) is 5.79. The molecule has 0 aliphatic heterocycles. The quantitative estimate of drug-likeness (QED) is 0.295. The summed E-state index contributed by atoms with van der Waals surface area (Å²) in [6.45, 7) is 7.92. The van der Waals surface area contributed by atoms with Crippen LogP contribution in [0.25, 0.3) is 0 Å². The summed E-state index contributed by atoms with van der Waals surface area (Å²) in [6.07, 6.45) is 7.93. The number of rotatable bonds is 12. The maximum atomic E-state index is 13.1. The molecule has 1 aliphatic rings. The fourth-order valence-corrected chi connectivity index (χ4v) is 3.94. The van der Waals surface area contributed by atoms with Gasteiger partial charge in [0, 0.05) is 30.8 Å². The van der Waals surface area contributed by atoms with Gasteiger partial charge in [-0.1, -0.05) is 32.6 Å². The maximum absolute atomic E-state index is 13.1. The van der Waals surface area contributed by atoms with Crippen molar-refractivity contribution in [3.8, 4) is 0 Å². The van der Waals surface area contributed by atoms with Crippen molar-refractivity contribution in [3.05, 3.63) is 22.5 Å². The fourth-order valence-electron chi connectivity index (χ4n) is 3.94. The van der Waals surface area contributed by atoms with E-state index < -0.39 is 5.97 Å². The van der Waals surface area contributed by atoms with Gasteiger partial charge in [0.2, 0.25) is 5.91 Å². The first-order chi connectivity index (χ1) is 13.8. The van der Waals surface area contributed by atoms with Gasteiger partial charge < -0.3 is 14.2 Å². The second-order valence-electron chi connectivity index (χ2n) is 8.05. The second-order valence-corrected chi connectivity index (χ2v) is 8.05. The summed E-state index contributed by atoms with van der Waals surface area (Å²) in [5.74, 6) is -0.441. The van der Waals surface area contributed by atoms with Gasteiger partial charge in [-0.2, -0.15) is 0 Å². The van der Waals surface area contributed by atoms with Crippen molar-refractivity contribution >= 4 is 17.7 Å². The van der Waals surface area contributed by atoms with Gasteiger partial charge >= 0.3 is 5.97 Å². The van der Waals surface area contributed by atoms with Crippen LogP contribution in [0.4, 0.5) is 0 Å². The molecule has 1 saturated carbocycles. The number of carbonyl (C=O) groups is 3. The van der Waals surface area contributed by atoms with Crippen molar-refractivity contribution < 1.29 is 19.1 Å². The average Bonchev–Trinajstić information content (AvgIpc) is 3.47. The van der Waals surface area contributed by atoms with Crippen LogP contribution < -0.4 is 0 Å². The molecule has 1 amide bonds. The Morgan fingerprint density at radius 2 is 1.72 bits per heavy atom. The SMILES string of the molecule is CCCCCCCC(=O)N(CC(=O)c1c(C)c(C(=O)OCC)n(C)c1C)C1CC1. The summed E-state index contributed by atoms with van der Waals surface area (Å²) < 4.78 is 6.86. The number of nitrogens with zero attached hydrogens (tertiary/aromatic N) is 2. The number of aromatic nitrogens is 1. The van der Waals surface area contributed by atoms with Crippen LogP contribution in [0.2, 0.25) is 0 Å². The highest BCUT2D eigenvalue weighted by atomic mass is 16.5. The first-order valence-electron chi connectivity index (χ1n) is 11.0. The van der Waals surface area contributed by atoms with E-state index in [0.29, 0.717) is 23.2 Å². The Morgan fingerprint density at radius 3 is 2.31 bits per heavy atom. The molecule has 1 fully saturated rings. The fraction of sp³-hybridized carbons (Fsp3) is 0.696. The van der Waals surface area contributed by atoms with Crippen molar-refractivity contribution in [2.45, 2.75) is 85.1 Å². The third-order valence-electron chi connectivity index (χ3n) is 5.79. The van der Waals surface area contributed by atoms with Crippen molar-refractivity contribution in [3.63, 3.8) is 0 Å². The molecule has 0 saturated heterocycles. The summed E-state index contributed by atoms with van der Waals surface area (Å²) in [4.78, 5) is 39.9. The molecule has 1 aromatic rings. The molecule has 1 aliphatic carbocycles. The Bertz CT molecular complexity index is 747. The smallest absolute Gasteiger partial charge is 0.355 e. The van der Waals surface area contributed by atoms with E-state index in [9.17, 15) is 14.4 Å². The molecule has 2 rings (SSSR count). The van der Waals surface area contributed by atoms with Crippen LogP contribution in [0.15, 0.2) is 0 Å². The number of esters is 1. The zero-order valence-electron chi connectivity index (χ0n) is 18.7. The van der Waals surface area contributed by atoms with Gasteiger partial charge in [0.15, 0.2) is 5.78 Å². The first-order valence-corrected chi connectivity index (χ1v) is 11.0. The zero-order chi connectivity index (χ0) is 21.6. The Hall–Kier alpha value is -2.11. The van der Waals surface area contributed by atoms with Gasteiger partial charge in [0.05, 0.1) is 13.2 Å². The molecule has 1 heterocycles. The van der Waals surface area contributed by atoms with E-state index >= 15 is 0 Å². The number of hydrogen-bond acceptors (Lipinski definition) is 4. The summed E-state index contributed by atoms with van der Waals surface area (Å²) in [5.41, 5.74) is 2.32. The summed E-state index contributed by atoms with van der Waals surface area (Å²) in [5, 5.41) is 0. The normalized spacial score (nSPS) is 13.4. The second kappa shape index (κ2) is 10.6. The molecule has 6 nitrogen and oxygen atoms in total. The van der Waals surface area contributed by atoms with Gasteiger partial charge in [-0.15, -0.1) is 0 Å².